The Morgan fingerprint density at radius 2 is 2.03 bits per heavy atom. The molecule has 0 atom stereocenters. The van der Waals surface area contributed by atoms with Crippen LogP contribution in [-0.4, -0.2) is 27.0 Å². The molecule has 0 radical (unpaired) electrons. The number of anilines is 1. The van der Waals surface area contributed by atoms with Gasteiger partial charge in [0.1, 0.15) is 5.82 Å². The zero-order valence-electron chi connectivity index (χ0n) is 16.8. The summed E-state index contributed by atoms with van der Waals surface area (Å²) < 4.78 is 16.1. The van der Waals surface area contributed by atoms with Gasteiger partial charge in [-0.15, -0.1) is 12.4 Å². The molecule has 0 bridgehead atoms. The van der Waals surface area contributed by atoms with Gasteiger partial charge < -0.3 is 4.57 Å². The molecule has 0 fully saturated rings. The lowest BCUT2D eigenvalue weighted by Crippen LogP contribution is -2.33. The third kappa shape index (κ3) is 5.61. The van der Waals surface area contributed by atoms with Gasteiger partial charge in [0.05, 0.1) is 23.0 Å². The van der Waals surface area contributed by atoms with Gasteiger partial charge >= 0.3 is 0 Å². The molecule has 5 nitrogen and oxygen atoms in total. The minimum absolute atomic E-state index is 0. The molecular weight excluding hydrogens is 458 g/mol. The number of aromatic nitrogens is 3. The summed E-state index contributed by atoms with van der Waals surface area (Å²) in [6, 6.07) is 9.76. The molecule has 0 saturated heterocycles. The van der Waals surface area contributed by atoms with Gasteiger partial charge in [0, 0.05) is 30.5 Å². The van der Waals surface area contributed by atoms with E-state index in [0.29, 0.717) is 16.7 Å². The molecule has 1 amide bonds. The van der Waals surface area contributed by atoms with E-state index >= 15 is 0 Å². The van der Waals surface area contributed by atoms with Crippen LogP contribution in [0.15, 0.2) is 55.1 Å². The molecule has 2 heterocycles. The number of carbonyl (C=O) groups is 1. The highest BCUT2D eigenvalue weighted by Gasteiger charge is 2.21. The molecule has 31 heavy (non-hydrogen) atoms. The van der Waals surface area contributed by atoms with E-state index in [0.717, 1.165) is 34.3 Å². The quantitative estimate of drug-likeness (QED) is 0.343. The maximum absolute atomic E-state index is 13.2. The molecule has 0 N–H and O–H groups in total. The lowest BCUT2D eigenvalue weighted by Gasteiger charge is -2.20. The van der Waals surface area contributed by atoms with E-state index in [1.165, 1.54) is 23.5 Å². The molecule has 4 rings (SSSR count). The average molecular weight is 479 g/mol. The van der Waals surface area contributed by atoms with Gasteiger partial charge in [0.25, 0.3) is 0 Å². The Morgan fingerprint density at radius 3 is 2.74 bits per heavy atom. The van der Waals surface area contributed by atoms with Crippen molar-refractivity contribution in [2.75, 3.05) is 11.4 Å². The Hall–Kier alpha value is -2.48. The molecule has 0 aliphatic rings. The van der Waals surface area contributed by atoms with Crippen LogP contribution in [-0.2, 0) is 17.8 Å². The molecule has 9 heteroatoms. The summed E-state index contributed by atoms with van der Waals surface area (Å²) in [6.07, 6.45) is 6.32. The fourth-order valence-corrected chi connectivity index (χ4v) is 4.75. The lowest BCUT2D eigenvalue weighted by atomic mass is 10.1. The largest absolute Gasteiger partial charge is 0.337 e. The summed E-state index contributed by atoms with van der Waals surface area (Å²) in [4.78, 5) is 23.7. The second-order valence-electron chi connectivity index (χ2n) is 7.07. The maximum Gasteiger partial charge on any atom is 0.233 e. The Labute approximate surface area is 194 Å². The van der Waals surface area contributed by atoms with Gasteiger partial charge in [-0.1, -0.05) is 35.1 Å². The molecule has 2 aromatic heterocycles. The third-order valence-electron chi connectivity index (χ3n) is 4.80. The van der Waals surface area contributed by atoms with E-state index in [9.17, 15) is 9.18 Å². The van der Waals surface area contributed by atoms with Crippen LogP contribution in [0.3, 0.4) is 0 Å². The summed E-state index contributed by atoms with van der Waals surface area (Å²) in [7, 11) is 0. The van der Waals surface area contributed by atoms with Crippen molar-refractivity contribution in [2.24, 2.45) is 0 Å². The molecule has 4 aromatic rings. The van der Waals surface area contributed by atoms with E-state index in [2.05, 4.69) is 4.98 Å². The van der Waals surface area contributed by atoms with Crippen LogP contribution in [0, 0.1) is 12.7 Å². The number of rotatable bonds is 7. The first kappa shape index (κ1) is 23.2. The van der Waals surface area contributed by atoms with Crippen LogP contribution in [0.4, 0.5) is 9.52 Å². The first-order valence-corrected chi connectivity index (χ1v) is 10.8. The van der Waals surface area contributed by atoms with Crippen molar-refractivity contribution in [3.05, 3.63) is 77.1 Å². The summed E-state index contributed by atoms with van der Waals surface area (Å²) in [6.45, 7) is 3.22. The molecule has 0 saturated carbocycles. The smallest absolute Gasteiger partial charge is 0.233 e. The van der Waals surface area contributed by atoms with Crippen molar-refractivity contribution in [2.45, 2.75) is 26.3 Å². The van der Waals surface area contributed by atoms with E-state index in [1.807, 2.05) is 29.8 Å². The minimum atomic E-state index is -0.318. The average Bonchev–Trinajstić information content (AvgIpc) is 3.36. The standard InChI is InChI=1S/C22H20ClFN4OS.ClH/c1-15-11-17(23)13-19-21(15)26-22(30-19)28(9-2-8-27-10-7-25-14-27)20(29)12-16-3-5-18(24)6-4-16;/h3-7,10-11,13-14H,2,8-9,12H2,1H3;1H. The molecule has 0 unspecified atom stereocenters. The van der Waals surface area contributed by atoms with Gasteiger partial charge in [0.2, 0.25) is 5.91 Å². The first-order valence-electron chi connectivity index (χ1n) is 9.57. The highest BCUT2D eigenvalue weighted by atomic mass is 35.5. The summed E-state index contributed by atoms with van der Waals surface area (Å²) in [5.41, 5.74) is 2.60. The van der Waals surface area contributed by atoms with Crippen molar-refractivity contribution in [1.82, 2.24) is 14.5 Å². The number of amides is 1. The molecule has 0 aliphatic carbocycles. The molecule has 0 spiro atoms. The van der Waals surface area contributed by atoms with Gasteiger partial charge in [0.15, 0.2) is 5.13 Å². The number of nitrogens with zero attached hydrogens (tertiary/aromatic N) is 4. The summed E-state index contributed by atoms with van der Waals surface area (Å²) in [5.74, 6) is -0.392. The van der Waals surface area contributed by atoms with Crippen LogP contribution in [0.5, 0.6) is 0 Å². The van der Waals surface area contributed by atoms with Gasteiger partial charge in [-0.3, -0.25) is 9.69 Å². The van der Waals surface area contributed by atoms with Crippen LogP contribution in [0.2, 0.25) is 5.02 Å². The zero-order valence-corrected chi connectivity index (χ0v) is 19.2. The van der Waals surface area contributed by atoms with E-state index in [1.54, 1.807) is 29.6 Å². The molecule has 0 aliphatic heterocycles. The number of benzene rings is 2. The van der Waals surface area contributed by atoms with Gasteiger partial charge in [-0.05, 0) is 48.7 Å². The fraction of sp³-hybridized carbons (Fsp3) is 0.227. The zero-order chi connectivity index (χ0) is 21.1. The predicted molar refractivity (Wildman–Crippen MR) is 126 cm³/mol. The fourth-order valence-electron chi connectivity index (χ4n) is 3.29. The first-order chi connectivity index (χ1) is 14.5. The van der Waals surface area contributed by atoms with Crippen LogP contribution in [0.1, 0.15) is 17.5 Å². The Balaban J connectivity index is 0.00000272. The number of halogens is 3. The van der Waals surface area contributed by atoms with Crippen LogP contribution in [0.25, 0.3) is 10.2 Å². The SMILES string of the molecule is Cc1cc(Cl)cc2sc(N(CCCn3ccnc3)C(=O)Cc3ccc(F)cc3)nc12.Cl. The molecular formula is C22H21Cl2FN4OS. The summed E-state index contributed by atoms with van der Waals surface area (Å²) >= 11 is 7.65. The Kier molecular flexibility index (Phi) is 7.64. The predicted octanol–water partition coefficient (Wildman–Crippen LogP) is 5.68. The van der Waals surface area contributed by atoms with Gasteiger partial charge in [-0.25, -0.2) is 14.4 Å². The van der Waals surface area contributed by atoms with Gasteiger partial charge in [-0.2, -0.15) is 0 Å². The Bertz CT molecular complexity index is 1160. The lowest BCUT2D eigenvalue weighted by molar-refractivity contribution is -0.118. The number of thiazole rings is 1. The van der Waals surface area contributed by atoms with Crippen molar-refractivity contribution in [3.8, 4) is 0 Å². The number of imidazole rings is 1. The van der Waals surface area contributed by atoms with E-state index < -0.39 is 0 Å². The number of aryl methyl sites for hydroxylation is 2. The number of hydrogen-bond donors (Lipinski definition) is 0. The normalized spacial score (nSPS) is 10.8. The second kappa shape index (κ2) is 10.2. The topological polar surface area (TPSA) is 51.0 Å². The van der Waals surface area contributed by atoms with E-state index in [4.69, 9.17) is 16.6 Å². The Morgan fingerprint density at radius 1 is 1.26 bits per heavy atom. The second-order valence-corrected chi connectivity index (χ2v) is 8.51. The maximum atomic E-state index is 13.2. The monoisotopic (exact) mass is 478 g/mol. The van der Waals surface area contributed by atoms with Crippen molar-refractivity contribution >= 4 is 56.6 Å². The minimum Gasteiger partial charge on any atom is -0.337 e. The van der Waals surface area contributed by atoms with E-state index in [-0.39, 0.29) is 30.6 Å². The highest BCUT2D eigenvalue weighted by molar-refractivity contribution is 7.22. The number of hydrogen-bond acceptors (Lipinski definition) is 4. The van der Waals surface area contributed by atoms with Crippen molar-refractivity contribution < 1.29 is 9.18 Å². The summed E-state index contributed by atoms with van der Waals surface area (Å²) in [5, 5.41) is 1.30. The van der Waals surface area contributed by atoms with Crippen LogP contribution < -0.4 is 4.90 Å². The van der Waals surface area contributed by atoms with Crippen LogP contribution >= 0.6 is 35.3 Å². The van der Waals surface area contributed by atoms with Crippen molar-refractivity contribution in [1.29, 1.82) is 0 Å². The van der Waals surface area contributed by atoms with Crippen molar-refractivity contribution in [3.63, 3.8) is 0 Å². The third-order valence-corrected chi connectivity index (χ3v) is 6.04. The molecule has 162 valence electrons. The highest BCUT2D eigenvalue weighted by Crippen LogP contribution is 2.33. The number of fused-ring (bicyclic) bond motifs is 1. The number of carbonyl (C=O) groups excluding carboxylic acids is 1. The molecule has 2 aromatic carbocycles.